The number of nitrogens with zero attached hydrogens (tertiary/aromatic N) is 2. The largest absolute Gasteiger partial charge is 0.365 e. The highest BCUT2D eigenvalue weighted by Gasteiger charge is 2.18. The lowest BCUT2D eigenvalue weighted by Gasteiger charge is -2.18. The van der Waals surface area contributed by atoms with Crippen molar-refractivity contribution < 1.29 is 4.92 Å². The van der Waals surface area contributed by atoms with E-state index in [0.29, 0.717) is 22.4 Å². The minimum atomic E-state index is -0.436. The van der Waals surface area contributed by atoms with Gasteiger partial charge in [0.05, 0.1) is 9.40 Å². The van der Waals surface area contributed by atoms with Crippen molar-refractivity contribution in [1.29, 1.82) is 0 Å². The van der Waals surface area contributed by atoms with E-state index in [0.717, 1.165) is 19.3 Å². The molecule has 1 aromatic heterocycles. The Balaban J connectivity index is 2.90. The van der Waals surface area contributed by atoms with Gasteiger partial charge in [0, 0.05) is 18.2 Å². The molecule has 0 aliphatic carbocycles. The van der Waals surface area contributed by atoms with E-state index in [9.17, 15) is 10.1 Å². The SMILES string of the molecule is CCCCC(CN)Nc1ncc([N+](=O)[O-])c(C)c1Br. The predicted octanol–water partition coefficient (Wildman–Crippen LogP) is 2.99. The molecule has 0 aliphatic rings. The fraction of sp³-hybridized carbons (Fsp3) is 0.583. The third kappa shape index (κ3) is 4.14. The quantitative estimate of drug-likeness (QED) is 0.592. The first-order chi connectivity index (χ1) is 9.01. The van der Waals surface area contributed by atoms with Gasteiger partial charge in [-0.2, -0.15) is 0 Å². The number of nitrogens with one attached hydrogen (secondary N) is 1. The van der Waals surface area contributed by atoms with Crippen molar-refractivity contribution in [3.05, 3.63) is 26.3 Å². The highest BCUT2D eigenvalue weighted by molar-refractivity contribution is 9.10. The minimum absolute atomic E-state index is 0.00952. The number of rotatable bonds is 7. The number of unbranched alkanes of at least 4 members (excludes halogenated alkanes) is 1. The molecular weight excluding hydrogens is 312 g/mol. The summed E-state index contributed by atoms with van der Waals surface area (Å²) >= 11 is 3.35. The fourth-order valence-electron chi connectivity index (χ4n) is 1.75. The van der Waals surface area contributed by atoms with E-state index >= 15 is 0 Å². The molecule has 106 valence electrons. The van der Waals surface area contributed by atoms with Crippen LogP contribution in [0.2, 0.25) is 0 Å². The average molecular weight is 331 g/mol. The van der Waals surface area contributed by atoms with E-state index in [-0.39, 0.29) is 11.7 Å². The van der Waals surface area contributed by atoms with Crippen molar-refractivity contribution >= 4 is 27.4 Å². The summed E-state index contributed by atoms with van der Waals surface area (Å²) in [5.74, 6) is 0.606. The molecule has 1 aromatic rings. The van der Waals surface area contributed by atoms with Crippen molar-refractivity contribution in [2.45, 2.75) is 39.2 Å². The van der Waals surface area contributed by atoms with E-state index < -0.39 is 4.92 Å². The lowest BCUT2D eigenvalue weighted by Crippen LogP contribution is -2.29. The molecule has 0 aliphatic heterocycles. The molecule has 1 unspecified atom stereocenters. The molecule has 1 atom stereocenters. The second kappa shape index (κ2) is 7.40. The van der Waals surface area contributed by atoms with Gasteiger partial charge in [-0.25, -0.2) is 4.98 Å². The first-order valence-electron chi connectivity index (χ1n) is 6.27. The number of hydrogen-bond donors (Lipinski definition) is 2. The van der Waals surface area contributed by atoms with Gasteiger partial charge in [-0.15, -0.1) is 0 Å². The Labute approximate surface area is 121 Å². The van der Waals surface area contributed by atoms with Crippen molar-refractivity contribution in [2.75, 3.05) is 11.9 Å². The second-order valence-corrected chi connectivity index (χ2v) is 5.20. The number of nitro groups is 1. The Morgan fingerprint density at radius 3 is 2.84 bits per heavy atom. The molecule has 0 saturated heterocycles. The number of hydrogen-bond acceptors (Lipinski definition) is 5. The minimum Gasteiger partial charge on any atom is -0.365 e. The van der Waals surface area contributed by atoms with Crippen LogP contribution in [0.5, 0.6) is 0 Å². The van der Waals surface area contributed by atoms with Gasteiger partial charge >= 0.3 is 0 Å². The van der Waals surface area contributed by atoms with Gasteiger partial charge in [-0.05, 0) is 29.3 Å². The standard InChI is InChI=1S/C12H19BrN4O2/c1-3-4-5-9(6-14)16-12-11(13)8(2)10(7-15-12)17(18)19/h7,9H,3-6,14H2,1-2H3,(H,15,16). The Morgan fingerprint density at radius 1 is 1.63 bits per heavy atom. The Kier molecular flexibility index (Phi) is 6.17. The van der Waals surface area contributed by atoms with Crippen LogP contribution in [-0.2, 0) is 0 Å². The van der Waals surface area contributed by atoms with E-state index in [1.54, 1.807) is 6.92 Å². The molecule has 0 aromatic carbocycles. The normalized spacial score (nSPS) is 12.2. The maximum atomic E-state index is 10.8. The van der Waals surface area contributed by atoms with Gasteiger partial charge in [0.15, 0.2) is 0 Å². The Hall–Kier alpha value is -1.21. The van der Waals surface area contributed by atoms with Gasteiger partial charge in [0.1, 0.15) is 12.0 Å². The van der Waals surface area contributed by atoms with Crippen LogP contribution in [0.3, 0.4) is 0 Å². The van der Waals surface area contributed by atoms with Crippen LogP contribution in [0, 0.1) is 17.0 Å². The van der Waals surface area contributed by atoms with Gasteiger partial charge in [0.25, 0.3) is 5.69 Å². The number of anilines is 1. The Bertz CT molecular complexity index is 454. The smallest absolute Gasteiger partial charge is 0.291 e. The predicted molar refractivity (Wildman–Crippen MR) is 79.3 cm³/mol. The van der Waals surface area contributed by atoms with Crippen LogP contribution in [0.15, 0.2) is 10.7 Å². The lowest BCUT2D eigenvalue weighted by atomic mass is 10.1. The van der Waals surface area contributed by atoms with Crippen LogP contribution >= 0.6 is 15.9 Å². The van der Waals surface area contributed by atoms with Crippen LogP contribution in [0.4, 0.5) is 11.5 Å². The molecular formula is C12H19BrN4O2. The summed E-state index contributed by atoms with van der Waals surface area (Å²) in [6, 6.07) is 0.129. The molecule has 0 amide bonds. The molecule has 7 heteroatoms. The highest BCUT2D eigenvalue weighted by atomic mass is 79.9. The number of nitrogens with two attached hydrogens (primary N) is 1. The molecule has 0 spiro atoms. The number of pyridine rings is 1. The summed E-state index contributed by atoms with van der Waals surface area (Å²) in [5.41, 5.74) is 6.29. The first-order valence-corrected chi connectivity index (χ1v) is 7.06. The maximum Gasteiger partial charge on any atom is 0.291 e. The molecule has 0 bridgehead atoms. The van der Waals surface area contributed by atoms with Crippen LogP contribution in [0.1, 0.15) is 31.7 Å². The molecule has 1 rings (SSSR count). The fourth-order valence-corrected chi connectivity index (χ4v) is 2.17. The van der Waals surface area contributed by atoms with Crippen molar-refractivity contribution in [3.63, 3.8) is 0 Å². The highest BCUT2D eigenvalue weighted by Crippen LogP contribution is 2.31. The van der Waals surface area contributed by atoms with Gasteiger partial charge in [0.2, 0.25) is 0 Å². The van der Waals surface area contributed by atoms with Crippen LogP contribution < -0.4 is 11.1 Å². The molecule has 1 heterocycles. The molecule has 0 fully saturated rings. The topological polar surface area (TPSA) is 94.1 Å². The van der Waals surface area contributed by atoms with Crippen molar-refractivity contribution in [2.24, 2.45) is 5.73 Å². The molecule has 6 nitrogen and oxygen atoms in total. The van der Waals surface area contributed by atoms with Crippen LogP contribution in [-0.4, -0.2) is 22.5 Å². The summed E-state index contributed by atoms with van der Waals surface area (Å²) in [4.78, 5) is 14.5. The molecule has 19 heavy (non-hydrogen) atoms. The van der Waals surface area contributed by atoms with Gasteiger partial charge in [-0.1, -0.05) is 19.8 Å². The zero-order valence-corrected chi connectivity index (χ0v) is 12.7. The van der Waals surface area contributed by atoms with Crippen molar-refractivity contribution in [3.8, 4) is 0 Å². The zero-order chi connectivity index (χ0) is 14.4. The number of aromatic nitrogens is 1. The first kappa shape index (κ1) is 15.8. The molecule has 0 saturated carbocycles. The summed E-state index contributed by atoms with van der Waals surface area (Å²) in [6.07, 6.45) is 4.41. The lowest BCUT2D eigenvalue weighted by molar-refractivity contribution is -0.385. The Morgan fingerprint density at radius 2 is 2.32 bits per heavy atom. The third-order valence-electron chi connectivity index (χ3n) is 2.97. The number of halogens is 1. The average Bonchev–Trinajstić information content (AvgIpc) is 2.39. The van der Waals surface area contributed by atoms with Gasteiger partial charge in [-0.3, -0.25) is 10.1 Å². The summed E-state index contributed by atoms with van der Waals surface area (Å²) in [7, 11) is 0. The van der Waals surface area contributed by atoms with E-state index in [1.165, 1.54) is 6.20 Å². The summed E-state index contributed by atoms with van der Waals surface area (Å²) in [6.45, 7) is 4.32. The maximum absolute atomic E-state index is 10.8. The third-order valence-corrected chi connectivity index (χ3v) is 3.94. The summed E-state index contributed by atoms with van der Waals surface area (Å²) < 4.78 is 0.622. The van der Waals surface area contributed by atoms with E-state index in [4.69, 9.17) is 5.73 Å². The van der Waals surface area contributed by atoms with Crippen LogP contribution in [0.25, 0.3) is 0 Å². The van der Waals surface area contributed by atoms with Crippen molar-refractivity contribution in [1.82, 2.24) is 4.98 Å². The van der Waals surface area contributed by atoms with E-state index in [1.807, 2.05) is 0 Å². The summed E-state index contributed by atoms with van der Waals surface area (Å²) in [5, 5.41) is 14.0. The molecule has 3 N–H and O–H groups in total. The zero-order valence-electron chi connectivity index (χ0n) is 11.1. The van der Waals surface area contributed by atoms with Gasteiger partial charge < -0.3 is 11.1 Å². The second-order valence-electron chi connectivity index (χ2n) is 4.41. The van der Waals surface area contributed by atoms with E-state index in [2.05, 4.69) is 33.2 Å². The monoisotopic (exact) mass is 330 g/mol. The molecule has 0 radical (unpaired) electrons.